The average Bonchev–Trinajstić information content (AvgIpc) is 3.04. The summed E-state index contributed by atoms with van der Waals surface area (Å²) in [6, 6.07) is 0. The highest BCUT2D eigenvalue weighted by Gasteiger charge is 2.07. The second-order valence-electron chi connectivity index (χ2n) is 6.48. The first-order chi connectivity index (χ1) is 10.9. The van der Waals surface area contributed by atoms with E-state index in [-0.39, 0.29) is 6.17 Å². The van der Waals surface area contributed by atoms with E-state index in [0.717, 1.165) is 12.8 Å². The first-order valence-electron chi connectivity index (χ1n) is 9.52. The van der Waals surface area contributed by atoms with Crippen LogP contribution in [0, 0.1) is 6.92 Å². The van der Waals surface area contributed by atoms with Crippen LogP contribution in [0.2, 0.25) is 0 Å². The minimum atomic E-state index is 0.0265. The van der Waals surface area contributed by atoms with E-state index in [1.807, 2.05) is 0 Å². The van der Waals surface area contributed by atoms with Gasteiger partial charge in [-0.3, -0.25) is 0 Å². The van der Waals surface area contributed by atoms with Crippen LogP contribution in [0.5, 0.6) is 0 Å². The van der Waals surface area contributed by atoms with Crippen molar-refractivity contribution < 1.29 is 0 Å². The lowest BCUT2D eigenvalue weighted by atomic mass is 10.0. The summed E-state index contributed by atoms with van der Waals surface area (Å²) in [5, 5.41) is 14.9. The molecule has 0 saturated carbocycles. The second-order valence-corrected chi connectivity index (χ2v) is 6.48. The Morgan fingerprint density at radius 1 is 0.500 bits per heavy atom. The molecule has 1 aliphatic heterocycles. The van der Waals surface area contributed by atoms with E-state index in [2.05, 4.69) is 27.6 Å². The van der Waals surface area contributed by atoms with Crippen molar-refractivity contribution >= 4 is 0 Å². The van der Waals surface area contributed by atoms with Crippen LogP contribution in [0.15, 0.2) is 20.7 Å². The molecule has 0 bridgehead atoms. The summed E-state index contributed by atoms with van der Waals surface area (Å²) < 4.78 is 0. The molecule has 4 heteroatoms. The van der Waals surface area contributed by atoms with Crippen molar-refractivity contribution in [1.82, 2.24) is 0 Å². The Hall–Kier alpha value is -0.800. The van der Waals surface area contributed by atoms with Gasteiger partial charge in [0.2, 0.25) is 0 Å². The SMILES string of the molecule is [CH2]CCCCCCCCCCCCCCCCC1N=NN=N1. The molecule has 0 aliphatic carbocycles. The molecule has 0 aromatic rings. The van der Waals surface area contributed by atoms with Crippen molar-refractivity contribution in [2.75, 3.05) is 0 Å². The van der Waals surface area contributed by atoms with Crippen molar-refractivity contribution in [2.45, 2.75) is 109 Å². The predicted molar refractivity (Wildman–Crippen MR) is 92.7 cm³/mol. The van der Waals surface area contributed by atoms with Crippen LogP contribution in [0.25, 0.3) is 0 Å². The lowest BCUT2D eigenvalue weighted by molar-refractivity contribution is 0.518. The normalized spacial score (nSPS) is 14.2. The summed E-state index contributed by atoms with van der Waals surface area (Å²) >= 11 is 0. The molecule has 127 valence electrons. The van der Waals surface area contributed by atoms with E-state index in [9.17, 15) is 0 Å². The average molecular weight is 308 g/mol. The molecular weight excluding hydrogens is 272 g/mol. The molecule has 1 heterocycles. The van der Waals surface area contributed by atoms with E-state index in [1.165, 1.54) is 89.9 Å². The van der Waals surface area contributed by atoms with Gasteiger partial charge in [-0.2, -0.15) is 0 Å². The number of hydrogen-bond acceptors (Lipinski definition) is 4. The van der Waals surface area contributed by atoms with E-state index in [1.54, 1.807) is 0 Å². The van der Waals surface area contributed by atoms with Gasteiger partial charge in [-0.25, -0.2) is 0 Å². The summed E-state index contributed by atoms with van der Waals surface area (Å²) in [6.07, 6.45) is 21.5. The number of hydrogen-bond donors (Lipinski definition) is 0. The van der Waals surface area contributed by atoms with Gasteiger partial charge in [-0.05, 0) is 23.3 Å². The third-order valence-electron chi connectivity index (χ3n) is 4.37. The molecule has 0 aromatic carbocycles. The van der Waals surface area contributed by atoms with Gasteiger partial charge in [0.05, 0.1) is 0 Å². The van der Waals surface area contributed by atoms with Crippen LogP contribution in [-0.4, -0.2) is 6.17 Å². The maximum atomic E-state index is 3.93. The maximum absolute atomic E-state index is 3.93. The van der Waals surface area contributed by atoms with E-state index in [4.69, 9.17) is 0 Å². The Balaban J connectivity index is 1.66. The van der Waals surface area contributed by atoms with Crippen molar-refractivity contribution in [3.8, 4) is 0 Å². The van der Waals surface area contributed by atoms with E-state index < -0.39 is 0 Å². The van der Waals surface area contributed by atoms with E-state index >= 15 is 0 Å². The molecule has 1 rings (SSSR count). The summed E-state index contributed by atoms with van der Waals surface area (Å²) in [6.45, 7) is 3.89. The van der Waals surface area contributed by atoms with Gasteiger partial charge in [0, 0.05) is 0 Å². The van der Waals surface area contributed by atoms with Crippen molar-refractivity contribution in [3.63, 3.8) is 0 Å². The fourth-order valence-corrected chi connectivity index (χ4v) is 2.93. The molecular formula is C18H35N4. The number of rotatable bonds is 16. The van der Waals surface area contributed by atoms with Crippen LogP contribution in [-0.2, 0) is 0 Å². The third kappa shape index (κ3) is 11.8. The molecule has 0 unspecified atom stereocenters. The Bertz CT molecular complexity index is 277. The Kier molecular flexibility index (Phi) is 13.2. The molecule has 4 nitrogen and oxygen atoms in total. The number of nitrogens with zero attached hydrogens (tertiary/aromatic N) is 4. The summed E-state index contributed by atoms with van der Waals surface area (Å²) in [7, 11) is 0. The van der Waals surface area contributed by atoms with Gasteiger partial charge in [0.1, 0.15) is 0 Å². The molecule has 0 saturated heterocycles. The standard InChI is InChI=1S/C18H35N4/c1-2-3-4-5-6-7-8-9-10-11-12-13-14-15-16-17-18-19-21-22-20-18/h18H,1-17H2. The van der Waals surface area contributed by atoms with E-state index in [0.29, 0.717) is 0 Å². The van der Waals surface area contributed by atoms with Crippen LogP contribution in [0.4, 0.5) is 0 Å². The quantitative estimate of drug-likeness (QED) is 0.270. The third-order valence-corrected chi connectivity index (χ3v) is 4.37. The lowest BCUT2D eigenvalue weighted by Crippen LogP contribution is -1.95. The van der Waals surface area contributed by atoms with Crippen LogP contribution in [0.1, 0.15) is 103 Å². The van der Waals surface area contributed by atoms with Crippen LogP contribution < -0.4 is 0 Å². The van der Waals surface area contributed by atoms with Crippen molar-refractivity contribution in [1.29, 1.82) is 0 Å². The smallest absolute Gasteiger partial charge is 0.138 e. The zero-order valence-electron chi connectivity index (χ0n) is 14.4. The highest BCUT2D eigenvalue weighted by Crippen LogP contribution is 2.16. The van der Waals surface area contributed by atoms with Gasteiger partial charge >= 0.3 is 0 Å². The van der Waals surface area contributed by atoms with Crippen LogP contribution >= 0.6 is 0 Å². The minimum absolute atomic E-state index is 0.0265. The molecule has 0 N–H and O–H groups in total. The molecule has 0 spiro atoms. The zero-order chi connectivity index (χ0) is 15.7. The highest BCUT2D eigenvalue weighted by molar-refractivity contribution is 4.61. The van der Waals surface area contributed by atoms with Gasteiger partial charge in [-0.15, -0.1) is 10.2 Å². The predicted octanol–water partition coefficient (Wildman–Crippen LogP) is 7.22. The fraction of sp³-hybridized carbons (Fsp3) is 0.944. The first-order valence-corrected chi connectivity index (χ1v) is 9.52. The Morgan fingerprint density at radius 3 is 1.27 bits per heavy atom. The second kappa shape index (κ2) is 15.1. The molecule has 1 aliphatic rings. The molecule has 0 amide bonds. The Morgan fingerprint density at radius 2 is 0.864 bits per heavy atom. The fourth-order valence-electron chi connectivity index (χ4n) is 2.93. The molecule has 22 heavy (non-hydrogen) atoms. The Labute approximate surface area is 137 Å². The largest absolute Gasteiger partial charge is 0.185 e. The summed E-state index contributed by atoms with van der Waals surface area (Å²) in [5.74, 6) is 0. The maximum Gasteiger partial charge on any atom is 0.185 e. The summed E-state index contributed by atoms with van der Waals surface area (Å²) in [4.78, 5) is 0. The van der Waals surface area contributed by atoms with Gasteiger partial charge < -0.3 is 0 Å². The van der Waals surface area contributed by atoms with Crippen molar-refractivity contribution in [3.05, 3.63) is 6.92 Å². The first kappa shape index (κ1) is 19.2. The zero-order valence-corrected chi connectivity index (χ0v) is 14.4. The summed E-state index contributed by atoms with van der Waals surface area (Å²) in [5.41, 5.74) is 0. The van der Waals surface area contributed by atoms with Gasteiger partial charge in [-0.1, -0.05) is 96.8 Å². The number of unbranched alkanes of at least 4 members (excludes halogenated alkanes) is 14. The minimum Gasteiger partial charge on any atom is -0.138 e. The topological polar surface area (TPSA) is 49.4 Å². The van der Waals surface area contributed by atoms with Gasteiger partial charge in [0.15, 0.2) is 6.17 Å². The molecule has 1 radical (unpaired) electrons. The van der Waals surface area contributed by atoms with Gasteiger partial charge in [0.25, 0.3) is 0 Å². The monoisotopic (exact) mass is 307 g/mol. The highest BCUT2D eigenvalue weighted by atomic mass is 15.6. The van der Waals surface area contributed by atoms with Crippen LogP contribution in [0.3, 0.4) is 0 Å². The molecule has 0 atom stereocenters. The lowest BCUT2D eigenvalue weighted by Gasteiger charge is -2.03. The molecule has 0 fully saturated rings. The van der Waals surface area contributed by atoms with Crippen molar-refractivity contribution in [2.24, 2.45) is 20.7 Å². The molecule has 0 aromatic heterocycles.